The molecule has 0 spiro atoms. The summed E-state index contributed by atoms with van der Waals surface area (Å²) in [6, 6.07) is 6.89. The van der Waals surface area contributed by atoms with Crippen molar-refractivity contribution in [1.29, 1.82) is 0 Å². The number of hydrogen-bond acceptors (Lipinski definition) is 8. The molecule has 0 radical (unpaired) electrons. The molecule has 1 fully saturated rings. The molecule has 0 amide bonds. The molecule has 29 heavy (non-hydrogen) atoms. The van der Waals surface area contributed by atoms with Crippen molar-refractivity contribution in [3.63, 3.8) is 0 Å². The zero-order valence-electron chi connectivity index (χ0n) is 14.9. The summed E-state index contributed by atoms with van der Waals surface area (Å²) >= 11 is 0. The molecule has 0 aliphatic heterocycles. The van der Waals surface area contributed by atoms with Crippen LogP contribution < -0.4 is 16.2 Å². The molecule has 5 rings (SSSR count). The average molecular weight is 393 g/mol. The number of aromatic amines is 3. The number of hydrogen-bond donors (Lipinski definition) is 5. The van der Waals surface area contributed by atoms with Gasteiger partial charge in [-0.1, -0.05) is 0 Å². The maximum atomic E-state index is 11.6. The van der Waals surface area contributed by atoms with Crippen LogP contribution in [0.15, 0.2) is 35.3 Å². The maximum Gasteiger partial charge on any atom is 0.330 e. The van der Waals surface area contributed by atoms with Crippen molar-refractivity contribution < 1.29 is 4.92 Å². The second-order valence-corrected chi connectivity index (χ2v) is 6.75. The van der Waals surface area contributed by atoms with Gasteiger partial charge in [-0.25, -0.2) is 4.98 Å². The first kappa shape index (κ1) is 16.9. The van der Waals surface area contributed by atoms with Crippen LogP contribution >= 0.6 is 0 Å². The molecule has 12 nitrogen and oxygen atoms in total. The van der Waals surface area contributed by atoms with E-state index in [9.17, 15) is 14.9 Å². The minimum Gasteiger partial charge on any atom is -0.324 e. The zero-order chi connectivity index (χ0) is 20.0. The van der Waals surface area contributed by atoms with Crippen molar-refractivity contribution in [2.45, 2.75) is 18.8 Å². The predicted octanol–water partition coefficient (Wildman–Crippen LogP) is 2.64. The van der Waals surface area contributed by atoms with Crippen molar-refractivity contribution in [1.82, 2.24) is 30.4 Å². The molecule has 0 unspecified atom stereocenters. The van der Waals surface area contributed by atoms with Gasteiger partial charge >= 0.3 is 5.69 Å². The molecule has 1 aliphatic carbocycles. The highest BCUT2D eigenvalue weighted by Crippen LogP contribution is 2.40. The summed E-state index contributed by atoms with van der Waals surface area (Å²) in [4.78, 5) is 30.7. The molecule has 0 atom stereocenters. The van der Waals surface area contributed by atoms with Crippen LogP contribution in [0.25, 0.3) is 10.9 Å². The fourth-order valence-electron chi connectivity index (χ4n) is 3.02. The lowest BCUT2D eigenvalue weighted by Gasteiger charge is -2.08. The van der Waals surface area contributed by atoms with E-state index < -0.39 is 4.92 Å². The highest BCUT2D eigenvalue weighted by atomic mass is 16.6. The number of nitrogens with one attached hydrogen (secondary N) is 5. The summed E-state index contributed by atoms with van der Waals surface area (Å²) in [6.07, 6.45) is 3.33. The Kier molecular flexibility index (Phi) is 3.76. The number of rotatable bonds is 6. The van der Waals surface area contributed by atoms with Gasteiger partial charge in [-0.15, -0.1) is 0 Å². The summed E-state index contributed by atoms with van der Waals surface area (Å²) in [7, 11) is 0. The number of nitro groups is 1. The van der Waals surface area contributed by atoms with Gasteiger partial charge in [0.05, 0.1) is 21.5 Å². The SMILES string of the molecule is O=c1[nH][nH]c2cc(Nc3ncc([N+](=O)[O-])c(Nc4cc(C5CC5)n[nH]4)n3)ccc12. The van der Waals surface area contributed by atoms with E-state index in [0.717, 1.165) is 24.7 Å². The highest BCUT2D eigenvalue weighted by molar-refractivity contribution is 5.82. The Hall–Kier alpha value is -4.22. The summed E-state index contributed by atoms with van der Waals surface area (Å²) in [6.45, 7) is 0. The van der Waals surface area contributed by atoms with Crippen LogP contribution in [0.4, 0.5) is 29.0 Å². The van der Waals surface area contributed by atoms with E-state index >= 15 is 0 Å². The van der Waals surface area contributed by atoms with Crippen molar-refractivity contribution in [2.75, 3.05) is 10.6 Å². The van der Waals surface area contributed by atoms with E-state index in [4.69, 9.17) is 0 Å². The molecular formula is C17H15N9O3. The molecule has 3 aromatic heterocycles. The topological polar surface area (TPSA) is 170 Å². The third kappa shape index (κ3) is 3.26. The second-order valence-electron chi connectivity index (χ2n) is 6.75. The van der Waals surface area contributed by atoms with Crippen LogP contribution in [0, 0.1) is 10.1 Å². The second kappa shape index (κ2) is 6.44. The largest absolute Gasteiger partial charge is 0.330 e. The van der Waals surface area contributed by atoms with E-state index in [2.05, 4.69) is 41.0 Å². The molecule has 12 heteroatoms. The Labute approximate surface area is 161 Å². The number of benzene rings is 1. The van der Waals surface area contributed by atoms with Gasteiger partial charge in [0.15, 0.2) is 0 Å². The minimum absolute atomic E-state index is 0.0367. The molecule has 1 saturated carbocycles. The van der Waals surface area contributed by atoms with Crippen LogP contribution in [0.5, 0.6) is 0 Å². The molecule has 0 saturated heterocycles. The van der Waals surface area contributed by atoms with Gasteiger partial charge in [0.1, 0.15) is 12.0 Å². The van der Waals surface area contributed by atoms with Crippen molar-refractivity contribution in [3.8, 4) is 0 Å². The molecule has 5 N–H and O–H groups in total. The quantitative estimate of drug-likeness (QED) is 0.246. The number of fused-ring (bicyclic) bond motifs is 1. The summed E-state index contributed by atoms with van der Waals surface area (Å²) < 4.78 is 0. The Bertz CT molecular complexity index is 1280. The van der Waals surface area contributed by atoms with Crippen molar-refractivity contribution >= 4 is 39.9 Å². The van der Waals surface area contributed by atoms with E-state index in [1.165, 1.54) is 0 Å². The Morgan fingerprint density at radius 3 is 2.83 bits per heavy atom. The lowest BCUT2D eigenvalue weighted by Crippen LogP contribution is -2.05. The number of aromatic nitrogens is 6. The molecule has 4 aromatic rings. The molecule has 3 heterocycles. The predicted molar refractivity (Wildman–Crippen MR) is 105 cm³/mol. The zero-order valence-corrected chi connectivity index (χ0v) is 14.9. The Morgan fingerprint density at radius 1 is 1.17 bits per heavy atom. The third-order valence-electron chi connectivity index (χ3n) is 4.64. The first-order valence-electron chi connectivity index (χ1n) is 8.88. The first-order valence-corrected chi connectivity index (χ1v) is 8.88. The fraction of sp³-hybridized carbons (Fsp3) is 0.176. The van der Waals surface area contributed by atoms with Gasteiger partial charge in [0.25, 0.3) is 5.56 Å². The molecular weight excluding hydrogens is 378 g/mol. The molecule has 1 aromatic carbocycles. The summed E-state index contributed by atoms with van der Waals surface area (Å²) in [5.74, 6) is 1.17. The van der Waals surface area contributed by atoms with Gasteiger partial charge in [-0.3, -0.25) is 30.2 Å². The van der Waals surface area contributed by atoms with Crippen molar-refractivity contribution in [2.24, 2.45) is 0 Å². The third-order valence-corrected chi connectivity index (χ3v) is 4.64. The normalized spacial score (nSPS) is 13.5. The van der Waals surface area contributed by atoms with Crippen molar-refractivity contribution in [3.05, 3.63) is 56.6 Å². The lowest BCUT2D eigenvalue weighted by molar-refractivity contribution is -0.384. The van der Waals surface area contributed by atoms with Gasteiger partial charge in [0, 0.05) is 17.7 Å². The van der Waals surface area contributed by atoms with E-state index in [-0.39, 0.29) is 23.0 Å². The number of H-pyrrole nitrogens is 3. The van der Waals surface area contributed by atoms with Gasteiger partial charge in [-0.05, 0) is 31.0 Å². The van der Waals surface area contributed by atoms with Gasteiger partial charge in [-0.2, -0.15) is 10.1 Å². The Balaban J connectivity index is 1.44. The van der Waals surface area contributed by atoms with Crippen LogP contribution in [0.3, 0.4) is 0 Å². The van der Waals surface area contributed by atoms with E-state index in [1.54, 1.807) is 18.2 Å². The van der Waals surface area contributed by atoms with Gasteiger partial charge < -0.3 is 10.6 Å². The standard InChI is InChI=1S/C17H15N9O3/c27-16-10-4-3-9(5-12(10)23-25-16)19-17-18-7-13(26(28)29)15(21-17)20-14-6-11(22-24-14)8-1-2-8/h3-8H,1-2H2,(H2,23,25,27)(H3,18,19,20,21,22,24). The van der Waals surface area contributed by atoms with E-state index in [1.807, 2.05) is 6.07 Å². The number of nitrogens with zero attached hydrogens (tertiary/aromatic N) is 4. The smallest absolute Gasteiger partial charge is 0.324 e. The first-order chi connectivity index (χ1) is 14.1. The summed E-state index contributed by atoms with van der Waals surface area (Å²) in [5.41, 5.74) is 1.69. The van der Waals surface area contributed by atoms with Crippen LogP contribution in [0.1, 0.15) is 24.5 Å². The maximum absolute atomic E-state index is 11.6. The van der Waals surface area contributed by atoms with Crippen LogP contribution in [-0.4, -0.2) is 35.3 Å². The number of anilines is 4. The van der Waals surface area contributed by atoms with Crippen LogP contribution in [-0.2, 0) is 0 Å². The van der Waals surface area contributed by atoms with E-state index in [0.29, 0.717) is 28.3 Å². The molecule has 1 aliphatic rings. The molecule has 0 bridgehead atoms. The Morgan fingerprint density at radius 2 is 2.03 bits per heavy atom. The van der Waals surface area contributed by atoms with Gasteiger partial charge in [0.2, 0.25) is 11.8 Å². The average Bonchev–Trinajstić information content (AvgIpc) is 3.35. The minimum atomic E-state index is -0.555. The fourth-order valence-corrected chi connectivity index (χ4v) is 3.02. The highest BCUT2D eigenvalue weighted by Gasteiger charge is 2.26. The summed E-state index contributed by atoms with van der Waals surface area (Å²) in [5, 5.41) is 30.1. The lowest BCUT2D eigenvalue weighted by atomic mass is 10.2. The van der Waals surface area contributed by atoms with Crippen LogP contribution in [0.2, 0.25) is 0 Å². The monoisotopic (exact) mass is 393 g/mol. The molecule has 146 valence electrons.